The summed E-state index contributed by atoms with van der Waals surface area (Å²) in [6.07, 6.45) is 6.64. The number of carbonyl (C=O) groups excluding carboxylic acids is 1. The highest BCUT2D eigenvalue weighted by atomic mass is 127. The summed E-state index contributed by atoms with van der Waals surface area (Å²) in [4.78, 5) is 12.0. The number of methoxy groups -OCH3 is 1. The van der Waals surface area contributed by atoms with Gasteiger partial charge in [-0.25, -0.2) is 5.43 Å². The molecule has 1 amide bonds. The van der Waals surface area contributed by atoms with Crippen LogP contribution in [0.4, 0.5) is 0 Å². The van der Waals surface area contributed by atoms with Gasteiger partial charge in [0.15, 0.2) is 11.5 Å². The van der Waals surface area contributed by atoms with Crippen molar-refractivity contribution in [3.8, 4) is 23.8 Å². The van der Waals surface area contributed by atoms with Crippen molar-refractivity contribution in [3.63, 3.8) is 0 Å². The van der Waals surface area contributed by atoms with Gasteiger partial charge in [0, 0.05) is 9.13 Å². The molecule has 25 heavy (non-hydrogen) atoms. The lowest BCUT2D eigenvalue weighted by Gasteiger charge is -2.11. The van der Waals surface area contributed by atoms with Crippen molar-refractivity contribution < 1.29 is 14.3 Å². The second-order valence-electron chi connectivity index (χ2n) is 4.73. The summed E-state index contributed by atoms with van der Waals surface area (Å²) >= 11 is 8.35. The maximum absolute atomic E-state index is 12.0. The third kappa shape index (κ3) is 5.37. The minimum Gasteiger partial charge on any atom is -0.493 e. The summed E-state index contributed by atoms with van der Waals surface area (Å²) in [6, 6.07) is 10.5. The number of hydrogen-bond donors (Lipinski definition) is 1. The summed E-state index contributed by atoms with van der Waals surface area (Å²) in [5.41, 5.74) is 3.62. The predicted octanol–water partition coefficient (Wildman–Crippen LogP) is 3.73. The van der Waals surface area contributed by atoms with Crippen LogP contribution in [-0.2, 0) is 0 Å². The van der Waals surface area contributed by atoms with Crippen LogP contribution in [-0.4, -0.2) is 25.8 Å². The number of terminal acetylenes is 1. The average Bonchev–Trinajstić information content (AvgIpc) is 2.61. The molecule has 0 saturated heterocycles. The molecule has 0 aliphatic rings. The van der Waals surface area contributed by atoms with E-state index >= 15 is 0 Å². The monoisotopic (exact) mass is 468 g/mol. The van der Waals surface area contributed by atoms with Gasteiger partial charge in [0.1, 0.15) is 6.61 Å². The van der Waals surface area contributed by atoms with Crippen LogP contribution in [0.25, 0.3) is 0 Å². The van der Waals surface area contributed by atoms with Crippen molar-refractivity contribution in [1.29, 1.82) is 0 Å². The molecule has 5 nitrogen and oxygen atoms in total. The van der Waals surface area contributed by atoms with E-state index in [2.05, 4.69) is 39.0 Å². The number of amides is 1. The van der Waals surface area contributed by atoms with Gasteiger partial charge in [-0.05, 0) is 64.6 Å². The van der Waals surface area contributed by atoms with E-state index in [1.165, 1.54) is 13.3 Å². The Kier molecular flexibility index (Phi) is 7.10. The minimum absolute atomic E-state index is 0.0790. The van der Waals surface area contributed by atoms with Gasteiger partial charge in [-0.2, -0.15) is 5.10 Å². The number of benzene rings is 2. The van der Waals surface area contributed by atoms with Crippen molar-refractivity contribution in [3.05, 3.63) is 56.1 Å². The second-order valence-corrected chi connectivity index (χ2v) is 6.39. The van der Waals surface area contributed by atoms with E-state index in [0.29, 0.717) is 27.6 Å². The molecule has 0 spiro atoms. The Morgan fingerprint density at radius 3 is 2.76 bits per heavy atom. The molecule has 0 saturated carbocycles. The summed E-state index contributed by atoms with van der Waals surface area (Å²) in [7, 11) is 1.49. The molecule has 0 fully saturated rings. The van der Waals surface area contributed by atoms with Crippen LogP contribution in [0.15, 0.2) is 41.5 Å². The highest BCUT2D eigenvalue weighted by molar-refractivity contribution is 14.1. The molecule has 1 N–H and O–H groups in total. The highest BCUT2D eigenvalue weighted by Gasteiger charge is 2.11. The Labute approximate surface area is 164 Å². The highest BCUT2D eigenvalue weighted by Crippen LogP contribution is 2.35. The number of ether oxygens (including phenoxy) is 2. The van der Waals surface area contributed by atoms with Crippen LogP contribution < -0.4 is 14.9 Å². The predicted molar refractivity (Wildman–Crippen MR) is 107 cm³/mol. The number of nitrogens with zero attached hydrogens (tertiary/aromatic N) is 1. The largest absolute Gasteiger partial charge is 0.493 e. The average molecular weight is 469 g/mol. The second kappa shape index (κ2) is 9.30. The molecule has 0 aliphatic heterocycles. The van der Waals surface area contributed by atoms with Gasteiger partial charge in [0.25, 0.3) is 5.91 Å². The van der Waals surface area contributed by atoms with Crippen molar-refractivity contribution in [2.45, 2.75) is 0 Å². The zero-order valence-corrected chi connectivity index (χ0v) is 16.2. The molecule has 0 unspecified atom stereocenters. The molecular weight excluding hydrogens is 455 g/mol. The number of hydrazone groups is 1. The molecule has 0 aromatic heterocycles. The molecule has 2 rings (SSSR count). The first-order valence-corrected chi connectivity index (χ1v) is 8.53. The third-order valence-electron chi connectivity index (χ3n) is 3.04. The topological polar surface area (TPSA) is 59.9 Å². The normalized spacial score (nSPS) is 10.3. The zero-order chi connectivity index (χ0) is 18.2. The van der Waals surface area contributed by atoms with Gasteiger partial charge >= 0.3 is 0 Å². The molecule has 0 bridgehead atoms. The Morgan fingerprint density at radius 1 is 1.40 bits per heavy atom. The van der Waals surface area contributed by atoms with E-state index in [9.17, 15) is 4.79 Å². The number of nitrogens with one attached hydrogen (secondary N) is 1. The molecule has 0 aliphatic carbocycles. The quantitative estimate of drug-likeness (QED) is 0.304. The molecule has 0 atom stereocenters. The van der Waals surface area contributed by atoms with Gasteiger partial charge in [-0.3, -0.25) is 4.79 Å². The lowest BCUT2D eigenvalue weighted by atomic mass is 10.2. The molecule has 2 aromatic rings. The van der Waals surface area contributed by atoms with Crippen molar-refractivity contribution in [2.75, 3.05) is 13.7 Å². The van der Waals surface area contributed by atoms with Crippen LogP contribution in [0, 0.1) is 15.9 Å². The summed E-state index contributed by atoms with van der Waals surface area (Å²) in [5.74, 6) is 2.85. The number of hydrogen-bond acceptors (Lipinski definition) is 4. The molecule has 0 radical (unpaired) electrons. The molecular formula is C18H14ClIN2O3. The number of rotatable bonds is 6. The molecule has 2 aromatic carbocycles. The van der Waals surface area contributed by atoms with E-state index in [1.807, 2.05) is 12.1 Å². The van der Waals surface area contributed by atoms with Gasteiger partial charge < -0.3 is 9.47 Å². The number of halogens is 2. The lowest BCUT2D eigenvalue weighted by Crippen LogP contribution is -2.17. The van der Waals surface area contributed by atoms with Crippen LogP contribution in [0.5, 0.6) is 11.5 Å². The first kappa shape index (κ1) is 19.1. The van der Waals surface area contributed by atoms with Crippen LogP contribution in [0.1, 0.15) is 15.9 Å². The van der Waals surface area contributed by atoms with E-state index in [0.717, 1.165) is 3.57 Å². The summed E-state index contributed by atoms with van der Waals surface area (Å²) in [5, 5.41) is 4.27. The maximum atomic E-state index is 12.0. The van der Waals surface area contributed by atoms with Gasteiger partial charge in [0.2, 0.25) is 0 Å². The minimum atomic E-state index is -0.306. The van der Waals surface area contributed by atoms with E-state index in [4.69, 9.17) is 27.5 Å². The van der Waals surface area contributed by atoms with Crippen LogP contribution >= 0.6 is 34.2 Å². The first-order valence-electron chi connectivity index (χ1n) is 7.08. The van der Waals surface area contributed by atoms with Crippen molar-refractivity contribution in [1.82, 2.24) is 5.43 Å². The fraction of sp³-hybridized carbons (Fsp3) is 0.111. The molecule has 128 valence electrons. The van der Waals surface area contributed by atoms with Gasteiger partial charge in [0.05, 0.1) is 18.3 Å². The summed E-state index contributed by atoms with van der Waals surface area (Å²) in [6.45, 7) is 0.0790. The van der Waals surface area contributed by atoms with Gasteiger partial charge in [-0.1, -0.05) is 17.5 Å². The van der Waals surface area contributed by atoms with E-state index in [1.54, 1.807) is 24.3 Å². The third-order valence-corrected chi connectivity index (χ3v) is 4.04. The zero-order valence-electron chi connectivity index (χ0n) is 13.3. The van der Waals surface area contributed by atoms with E-state index in [-0.39, 0.29) is 12.5 Å². The first-order chi connectivity index (χ1) is 12.0. The maximum Gasteiger partial charge on any atom is 0.271 e. The Morgan fingerprint density at radius 2 is 2.12 bits per heavy atom. The van der Waals surface area contributed by atoms with Crippen LogP contribution in [0.3, 0.4) is 0 Å². The Hall–Kier alpha value is -2.24. The Balaban J connectivity index is 2.10. The van der Waals surface area contributed by atoms with Crippen molar-refractivity contribution in [2.24, 2.45) is 5.10 Å². The van der Waals surface area contributed by atoms with Gasteiger partial charge in [-0.15, -0.1) is 6.42 Å². The standard InChI is InChI=1S/C18H14ClIN2O3/c1-3-8-25-17-15(19)9-12(10-16(17)24-2)11-21-22-18(23)13-4-6-14(20)7-5-13/h1,4-7,9-11H,8H2,2H3,(H,22,23)/b21-11-. The smallest absolute Gasteiger partial charge is 0.271 e. The fourth-order valence-corrected chi connectivity index (χ4v) is 2.53. The molecule has 7 heteroatoms. The fourth-order valence-electron chi connectivity index (χ4n) is 1.90. The lowest BCUT2D eigenvalue weighted by molar-refractivity contribution is 0.0955. The van der Waals surface area contributed by atoms with E-state index < -0.39 is 0 Å². The molecule has 0 heterocycles. The Bertz CT molecular complexity index is 829. The summed E-state index contributed by atoms with van der Waals surface area (Å²) < 4.78 is 11.7. The number of carbonyl (C=O) groups is 1. The van der Waals surface area contributed by atoms with Crippen molar-refractivity contribution >= 4 is 46.3 Å². The SMILES string of the molecule is C#CCOc1c(Cl)cc(/C=N\NC(=O)c2ccc(I)cc2)cc1OC. The van der Waals surface area contributed by atoms with Crippen LogP contribution in [0.2, 0.25) is 5.02 Å².